The lowest BCUT2D eigenvalue weighted by molar-refractivity contribution is 0.0528. The molecule has 0 fully saturated rings. The summed E-state index contributed by atoms with van der Waals surface area (Å²) in [6, 6.07) is 3.93. The Hall–Kier alpha value is -2.24. The van der Waals surface area contributed by atoms with Crippen LogP contribution in [0.25, 0.3) is 10.4 Å². The molecule has 0 spiro atoms. The number of carbonyl (C=O) groups excluding carboxylic acids is 1. The van der Waals surface area contributed by atoms with Gasteiger partial charge in [-0.25, -0.2) is 4.79 Å². The molecule has 1 aromatic carbocycles. The fraction of sp³-hybridized carbons (Fsp3) is 0.562. The third-order valence-electron chi connectivity index (χ3n) is 3.15. The summed E-state index contributed by atoms with van der Waals surface area (Å²) >= 11 is 0. The van der Waals surface area contributed by atoms with Crippen molar-refractivity contribution in [3.05, 3.63) is 39.3 Å². The number of nitrogens with one attached hydrogen (secondary N) is 2. The molecule has 0 saturated carbocycles. The molecule has 7 nitrogen and oxygen atoms in total. The molecule has 0 heterocycles. The molecule has 0 radical (unpaired) electrons. The van der Waals surface area contributed by atoms with E-state index in [1.807, 2.05) is 40.7 Å². The molecule has 7 heteroatoms. The molecule has 2 N–H and O–H groups in total. The smallest absolute Gasteiger partial charge is 0.407 e. The summed E-state index contributed by atoms with van der Waals surface area (Å²) in [4.78, 5) is 14.3. The Kier molecular flexibility index (Phi) is 6.88. The molecule has 0 atom stereocenters. The Morgan fingerprint density at radius 3 is 2.61 bits per heavy atom. The maximum Gasteiger partial charge on any atom is 0.407 e. The SMILES string of the molecule is Cc1cc(CNCCNC(=O)OC(C)(C)C)cc(N=[N+]=[N-])c1C. The third kappa shape index (κ3) is 7.04. The van der Waals surface area contributed by atoms with E-state index in [-0.39, 0.29) is 0 Å². The number of nitrogens with zero attached hydrogens (tertiary/aromatic N) is 3. The fourth-order valence-corrected chi connectivity index (χ4v) is 1.97. The highest BCUT2D eigenvalue weighted by atomic mass is 16.6. The molecule has 0 saturated heterocycles. The summed E-state index contributed by atoms with van der Waals surface area (Å²) in [5, 5.41) is 9.63. The first-order chi connectivity index (χ1) is 10.7. The predicted molar refractivity (Wildman–Crippen MR) is 90.7 cm³/mol. The van der Waals surface area contributed by atoms with Crippen molar-refractivity contribution in [3.63, 3.8) is 0 Å². The van der Waals surface area contributed by atoms with Crippen LogP contribution in [0.3, 0.4) is 0 Å². The molecule has 0 aliphatic carbocycles. The van der Waals surface area contributed by atoms with Crippen LogP contribution in [-0.2, 0) is 11.3 Å². The molecular weight excluding hydrogens is 294 g/mol. The topological polar surface area (TPSA) is 99.1 Å². The number of rotatable bonds is 6. The highest BCUT2D eigenvalue weighted by Gasteiger charge is 2.15. The molecule has 1 amide bonds. The highest BCUT2D eigenvalue weighted by Crippen LogP contribution is 2.24. The van der Waals surface area contributed by atoms with Gasteiger partial charge in [-0.15, -0.1) is 0 Å². The van der Waals surface area contributed by atoms with Gasteiger partial charge in [-0.2, -0.15) is 0 Å². The molecule has 0 bridgehead atoms. The van der Waals surface area contributed by atoms with E-state index in [4.69, 9.17) is 10.3 Å². The Balaban J connectivity index is 2.42. The van der Waals surface area contributed by atoms with E-state index in [0.29, 0.717) is 25.3 Å². The second-order valence-corrected chi connectivity index (χ2v) is 6.35. The summed E-state index contributed by atoms with van der Waals surface area (Å²) in [6.07, 6.45) is -0.420. The van der Waals surface area contributed by atoms with Crippen LogP contribution in [0.4, 0.5) is 10.5 Å². The van der Waals surface area contributed by atoms with Crippen LogP contribution >= 0.6 is 0 Å². The molecular formula is C16H25N5O2. The summed E-state index contributed by atoms with van der Waals surface area (Å²) in [6.45, 7) is 11.1. The largest absolute Gasteiger partial charge is 0.444 e. The van der Waals surface area contributed by atoms with E-state index in [1.54, 1.807) is 0 Å². The second kappa shape index (κ2) is 8.41. The van der Waals surface area contributed by atoms with E-state index in [1.165, 1.54) is 0 Å². The van der Waals surface area contributed by atoms with Crippen molar-refractivity contribution in [2.75, 3.05) is 13.1 Å². The van der Waals surface area contributed by atoms with Gasteiger partial charge in [0, 0.05) is 30.2 Å². The monoisotopic (exact) mass is 319 g/mol. The van der Waals surface area contributed by atoms with Crippen molar-refractivity contribution in [1.29, 1.82) is 0 Å². The van der Waals surface area contributed by atoms with Crippen molar-refractivity contribution >= 4 is 11.8 Å². The van der Waals surface area contributed by atoms with Crippen molar-refractivity contribution in [2.24, 2.45) is 5.11 Å². The fourth-order valence-electron chi connectivity index (χ4n) is 1.97. The van der Waals surface area contributed by atoms with Gasteiger partial charge >= 0.3 is 6.09 Å². The quantitative estimate of drug-likeness (QED) is 0.360. The van der Waals surface area contributed by atoms with Gasteiger partial charge in [0.2, 0.25) is 0 Å². The lowest BCUT2D eigenvalue weighted by Crippen LogP contribution is -2.36. The van der Waals surface area contributed by atoms with Gasteiger partial charge < -0.3 is 15.4 Å². The maximum atomic E-state index is 11.5. The average Bonchev–Trinajstić information content (AvgIpc) is 2.42. The van der Waals surface area contributed by atoms with E-state index in [0.717, 1.165) is 16.7 Å². The van der Waals surface area contributed by atoms with Crippen molar-refractivity contribution in [2.45, 2.75) is 46.8 Å². The Bertz CT molecular complexity index is 601. The Morgan fingerprint density at radius 2 is 2.00 bits per heavy atom. The van der Waals surface area contributed by atoms with E-state index in [2.05, 4.69) is 26.7 Å². The standard InChI is InChI=1S/C16H25N5O2/c1-11-8-13(9-14(12(11)2)20-21-17)10-18-6-7-19-15(22)23-16(3,4)5/h8-9,18H,6-7,10H2,1-5H3,(H,19,22). The van der Waals surface area contributed by atoms with Gasteiger partial charge in [0.05, 0.1) is 0 Å². The van der Waals surface area contributed by atoms with Crippen LogP contribution in [-0.4, -0.2) is 24.8 Å². The van der Waals surface area contributed by atoms with Gasteiger partial charge in [-0.3, -0.25) is 0 Å². The number of aryl methyl sites for hydroxylation is 1. The molecule has 1 rings (SSSR count). The lowest BCUT2D eigenvalue weighted by Gasteiger charge is -2.19. The normalized spacial score (nSPS) is 10.8. The highest BCUT2D eigenvalue weighted by molar-refractivity contribution is 5.67. The molecule has 1 aromatic rings. The zero-order valence-corrected chi connectivity index (χ0v) is 14.4. The minimum absolute atomic E-state index is 0.420. The van der Waals surface area contributed by atoms with E-state index in [9.17, 15) is 4.79 Å². The summed E-state index contributed by atoms with van der Waals surface area (Å²) in [5.74, 6) is 0. The number of benzene rings is 1. The van der Waals surface area contributed by atoms with Crippen LogP contribution in [0.1, 0.15) is 37.5 Å². The van der Waals surface area contributed by atoms with Crippen LogP contribution < -0.4 is 10.6 Å². The van der Waals surface area contributed by atoms with E-state index < -0.39 is 11.7 Å². The number of hydrogen-bond donors (Lipinski definition) is 2. The summed E-state index contributed by atoms with van der Waals surface area (Å²) < 4.78 is 5.15. The van der Waals surface area contributed by atoms with Crippen molar-refractivity contribution < 1.29 is 9.53 Å². The number of azide groups is 1. The molecule has 0 aromatic heterocycles. The van der Waals surface area contributed by atoms with Gasteiger partial charge in [-0.1, -0.05) is 11.2 Å². The molecule has 0 unspecified atom stereocenters. The van der Waals surface area contributed by atoms with Crippen LogP contribution in [0.2, 0.25) is 0 Å². The lowest BCUT2D eigenvalue weighted by atomic mass is 10.0. The molecule has 0 aliphatic rings. The number of hydrogen-bond acceptors (Lipinski definition) is 4. The zero-order chi connectivity index (χ0) is 17.5. The average molecular weight is 319 g/mol. The number of amides is 1. The molecule has 23 heavy (non-hydrogen) atoms. The third-order valence-corrected chi connectivity index (χ3v) is 3.15. The number of carbonyl (C=O) groups is 1. The van der Waals surface area contributed by atoms with Crippen LogP contribution in [0, 0.1) is 13.8 Å². The Labute approximate surface area is 137 Å². The van der Waals surface area contributed by atoms with Gasteiger partial charge in [-0.05, 0) is 62.9 Å². The zero-order valence-electron chi connectivity index (χ0n) is 14.4. The van der Waals surface area contributed by atoms with Crippen molar-refractivity contribution in [3.8, 4) is 0 Å². The number of alkyl carbamates (subject to hydrolysis) is 1. The van der Waals surface area contributed by atoms with Gasteiger partial charge in [0.15, 0.2) is 0 Å². The Morgan fingerprint density at radius 1 is 1.30 bits per heavy atom. The summed E-state index contributed by atoms with van der Waals surface area (Å²) in [7, 11) is 0. The second-order valence-electron chi connectivity index (χ2n) is 6.35. The van der Waals surface area contributed by atoms with Crippen molar-refractivity contribution in [1.82, 2.24) is 10.6 Å². The van der Waals surface area contributed by atoms with E-state index >= 15 is 0 Å². The molecule has 126 valence electrons. The first-order valence-corrected chi connectivity index (χ1v) is 7.55. The first-order valence-electron chi connectivity index (χ1n) is 7.55. The number of ether oxygens (including phenoxy) is 1. The summed E-state index contributed by atoms with van der Waals surface area (Å²) in [5.41, 5.74) is 11.9. The first kappa shape index (κ1) is 18.8. The predicted octanol–water partition coefficient (Wildman–Crippen LogP) is 3.86. The van der Waals surface area contributed by atoms with Crippen LogP contribution in [0.5, 0.6) is 0 Å². The van der Waals surface area contributed by atoms with Gasteiger partial charge in [0.1, 0.15) is 5.60 Å². The molecule has 0 aliphatic heterocycles. The maximum absolute atomic E-state index is 11.5. The minimum atomic E-state index is -0.491. The van der Waals surface area contributed by atoms with Crippen LogP contribution in [0.15, 0.2) is 17.2 Å². The van der Waals surface area contributed by atoms with Gasteiger partial charge in [0.25, 0.3) is 0 Å². The minimum Gasteiger partial charge on any atom is -0.444 e.